The van der Waals surface area contributed by atoms with E-state index in [1.54, 1.807) is 11.8 Å². The van der Waals surface area contributed by atoms with Crippen LogP contribution in [0.15, 0.2) is 12.3 Å². The molecule has 0 saturated carbocycles. The minimum absolute atomic E-state index is 0.0587. The zero-order valence-electron chi connectivity index (χ0n) is 11.7. The highest BCUT2D eigenvalue weighted by molar-refractivity contribution is 5.95. The summed E-state index contributed by atoms with van der Waals surface area (Å²) in [5.41, 5.74) is 5.73. The average molecular weight is 294 g/mol. The lowest BCUT2D eigenvalue weighted by Gasteiger charge is -2.29. The van der Waals surface area contributed by atoms with Gasteiger partial charge in [0.15, 0.2) is 0 Å². The van der Waals surface area contributed by atoms with Crippen molar-refractivity contribution in [1.82, 2.24) is 9.88 Å². The second-order valence-electron chi connectivity index (χ2n) is 4.77. The highest BCUT2D eigenvalue weighted by Gasteiger charge is 2.24. The molecule has 8 heteroatoms. The third kappa shape index (κ3) is 3.60. The van der Waals surface area contributed by atoms with Gasteiger partial charge in [-0.3, -0.25) is 4.79 Å². The summed E-state index contributed by atoms with van der Waals surface area (Å²) in [5.74, 6) is -1.14. The van der Waals surface area contributed by atoms with Gasteiger partial charge in [0, 0.05) is 13.1 Å². The van der Waals surface area contributed by atoms with E-state index in [2.05, 4.69) is 10.3 Å². The molecule has 1 unspecified atom stereocenters. The summed E-state index contributed by atoms with van der Waals surface area (Å²) in [7, 11) is 0. The van der Waals surface area contributed by atoms with Gasteiger partial charge >= 0.3 is 5.97 Å². The van der Waals surface area contributed by atoms with Crippen molar-refractivity contribution in [3.8, 4) is 0 Å². The maximum absolute atomic E-state index is 12.3. The lowest BCUT2D eigenvalue weighted by atomic mass is 10.2. The molecule has 2 rings (SSSR count). The quantitative estimate of drug-likeness (QED) is 0.716. The average Bonchev–Trinajstić information content (AvgIpc) is 2.49. The summed E-state index contributed by atoms with van der Waals surface area (Å²) >= 11 is 0. The van der Waals surface area contributed by atoms with E-state index in [4.69, 9.17) is 15.6 Å². The number of hydrogen-bond acceptors (Lipinski definition) is 6. The van der Waals surface area contributed by atoms with E-state index in [1.807, 2.05) is 0 Å². The molecule has 8 nitrogen and oxygen atoms in total. The Labute approximate surface area is 121 Å². The molecule has 21 heavy (non-hydrogen) atoms. The Morgan fingerprint density at radius 3 is 2.76 bits per heavy atom. The van der Waals surface area contributed by atoms with Gasteiger partial charge in [-0.15, -0.1) is 0 Å². The molecule has 1 amide bonds. The number of hydrogen-bond donors (Lipinski definition) is 3. The molecule has 1 aromatic heterocycles. The highest BCUT2D eigenvalue weighted by atomic mass is 16.5. The van der Waals surface area contributed by atoms with E-state index >= 15 is 0 Å². The van der Waals surface area contributed by atoms with Gasteiger partial charge in [0.2, 0.25) is 5.91 Å². The number of carbonyl (C=O) groups is 2. The molecule has 114 valence electrons. The number of nitrogens with two attached hydrogens (primary N) is 1. The molecular formula is C13H18N4O4. The fraction of sp³-hybridized carbons (Fsp3) is 0.462. The molecule has 1 saturated heterocycles. The van der Waals surface area contributed by atoms with Crippen LogP contribution in [0.5, 0.6) is 0 Å². The normalized spacial score (nSPS) is 16.3. The largest absolute Gasteiger partial charge is 0.478 e. The zero-order valence-corrected chi connectivity index (χ0v) is 11.7. The van der Waals surface area contributed by atoms with Gasteiger partial charge in [-0.25, -0.2) is 9.78 Å². The first kappa shape index (κ1) is 15.0. The monoisotopic (exact) mass is 294 g/mol. The molecule has 4 N–H and O–H groups in total. The molecule has 1 fully saturated rings. The first-order valence-electron chi connectivity index (χ1n) is 6.61. The molecule has 2 heterocycles. The fourth-order valence-electron chi connectivity index (χ4n) is 2.08. The van der Waals surface area contributed by atoms with E-state index in [-0.39, 0.29) is 23.0 Å². The summed E-state index contributed by atoms with van der Waals surface area (Å²) in [5, 5.41) is 12.0. The Morgan fingerprint density at radius 2 is 2.14 bits per heavy atom. The van der Waals surface area contributed by atoms with Crippen LogP contribution in [0.2, 0.25) is 0 Å². The number of carbonyl (C=O) groups excluding carboxylic acids is 1. The number of morpholine rings is 1. The molecule has 1 atom stereocenters. The van der Waals surface area contributed by atoms with Crippen LogP contribution in [0, 0.1) is 0 Å². The second-order valence-corrected chi connectivity index (χ2v) is 4.77. The van der Waals surface area contributed by atoms with Crippen molar-refractivity contribution >= 4 is 23.4 Å². The minimum atomic E-state index is -1.15. The van der Waals surface area contributed by atoms with Crippen molar-refractivity contribution in [3.63, 3.8) is 0 Å². The maximum Gasteiger partial charge on any atom is 0.339 e. The van der Waals surface area contributed by atoms with Gasteiger partial charge in [-0.1, -0.05) is 0 Å². The van der Waals surface area contributed by atoms with Crippen LogP contribution in [-0.2, 0) is 9.53 Å². The van der Waals surface area contributed by atoms with E-state index in [9.17, 15) is 9.59 Å². The summed E-state index contributed by atoms with van der Waals surface area (Å²) in [6.45, 7) is 3.76. The number of rotatable bonds is 4. The molecule has 0 aliphatic carbocycles. The van der Waals surface area contributed by atoms with E-state index < -0.39 is 12.0 Å². The predicted octanol–water partition coefficient (Wildman–Crippen LogP) is 0.0212. The van der Waals surface area contributed by atoms with Crippen molar-refractivity contribution in [2.45, 2.75) is 13.0 Å². The smallest absolute Gasteiger partial charge is 0.339 e. The van der Waals surface area contributed by atoms with E-state index in [0.29, 0.717) is 26.3 Å². The SMILES string of the molecule is CC(Nc1ncc(N)cc1C(=O)O)C(=O)N1CCOCC1. The Morgan fingerprint density at radius 1 is 1.48 bits per heavy atom. The summed E-state index contributed by atoms with van der Waals surface area (Å²) in [6.07, 6.45) is 1.35. The third-order valence-electron chi connectivity index (χ3n) is 3.19. The second kappa shape index (κ2) is 6.40. The van der Waals surface area contributed by atoms with Gasteiger partial charge in [0.1, 0.15) is 17.4 Å². The van der Waals surface area contributed by atoms with Crippen LogP contribution >= 0.6 is 0 Å². The zero-order chi connectivity index (χ0) is 15.4. The van der Waals surface area contributed by atoms with Crippen LogP contribution in [-0.4, -0.2) is 59.2 Å². The summed E-state index contributed by atoms with van der Waals surface area (Å²) in [4.78, 5) is 29.1. The number of carboxylic acids is 1. The van der Waals surface area contributed by atoms with Crippen LogP contribution in [0.3, 0.4) is 0 Å². The van der Waals surface area contributed by atoms with Gasteiger partial charge in [0.25, 0.3) is 0 Å². The van der Waals surface area contributed by atoms with Gasteiger partial charge in [0.05, 0.1) is 25.1 Å². The standard InChI is InChI=1S/C13H18N4O4/c1-8(12(18)17-2-4-21-5-3-17)16-11-10(13(19)20)6-9(14)7-15-11/h6-8H,2-5,14H2,1H3,(H,15,16)(H,19,20). The topological polar surface area (TPSA) is 118 Å². The lowest BCUT2D eigenvalue weighted by molar-refractivity contribution is -0.135. The predicted molar refractivity (Wildman–Crippen MR) is 76.1 cm³/mol. The Bertz CT molecular complexity index is 543. The Balaban J connectivity index is 2.10. The number of nitrogen functional groups attached to an aromatic ring is 1. The first-order chi connectivity index (χ1) is 9.99. The van der Waals surface area contributed by atoms with Crippen molar-refractivity contribution in [1.29, 1.82) is 0 Å². The number of pyridine rings is 1. The summed E-state index contributed by atoms with van der Waals surface area (Å²) < 4.78 is 5.19. The van der Waals surface area contributed by atoms with Crippen molar-refractivity contribution in [2.24, 2.45) is 0 Å². The number of anilines is 2. The number of amides is 1. The van der Waals surface area contributed by atoms with Gasteiger partial charge in [-0.05, 0) is 13.0 Å². The number of aromatic carboxylic acids is 1. The molecule has 1 aliphatic rings. The third-order valence-corrected chi connectivity index (χ3v) is 3.19. The van der Waals surface area contributed by atoms with E-state index in [1.165, 1.54) is 12.3 Å². The molecule has 0 spiro atoms. The lowest BCUT2D eigenvalue weighted by Crippen LogP contribution is -2.47. The molecule has 0 bridgehead atoms. The number of aromatic nitrogens is 1. The van der Waals surface area contributed by atoms with Gasteiger partial charge in [-0.2, -0.15) is 0 Å². The number of carboxylic acid groups (broad SMARTS) is 1. The first-order valence-corrected chi connectivity index (χ1v) is 6.61. The minimum Gasteiger partial charge on any atom is -0.478 e. The van der Waals surface area contributed by atoms with Crippen molar-refractivity contribution in [2.75, 3.05) is 37.4 Å². The van der Waals surface area contributed by atoms with Gasteiger partial charge < -0.3 is 25.8 Å². The maximum atomic E-state index is 12.3. The Kier molecular flexibility index (Phi) is 4.59. The Hall–Kier alpha value is -2.35. The fourth-order valence-corrected chi connectivity index (χ4v) is 2.08. The molecule has 1 aliphatic heterocycles. The molecule has 0 radical (unpaired) electrons. The van der Waals surface area contributed by atoms with Crippen molar-refractivity contribution < 1.29 is 19.4 Å². The number of ether oxygens (including phenoxy) is 1. The van der Waals surface area contributed by atoms with Crippen LogP contribution < -0.4 is 11.1 Å². The summed E-state index contributed by atoms with van der Waals surface area (Å²) in [6, 6.07) is 0.723. The molecule has 0 aromatic carbocycles. The van der Waals surface area contributed by atoms with Crippen LogP contribution in [0.4, 0.5) is 11.5 Å². The van der Waals surface area contributed by atoms with Crippen molar-refractivity contribution in [3.05, 3.63) is 17.8 Å². The van der Waals surface area contributed by atoms with Crippen LogP contribution in [0.25, 0.3) is 0 Å². The highest BCUT2D eigenvalue weighted by Crippen LogP contribution is 2.17. The number of nitrogens with one attached hydrogen (secondary N) is 1. The van der Waals surface area contributed by atoms with Crippen LogP contribution in [0.1, 0.15) is 17.3 Å². The number of nitrogens with zero attached hydrogens (tertiary/aromatic N) is 2. The van der Waals surface area contributed by atoms with E-state index in [0.717, 1.165) is 0 Å². The molecular weight excluding hydrogens is 276 g/mol. The molecule has 1 aromatic rings.